The molecule has 0 aromatic heterocycles. The predicted molar refractivity (Wildman–Crippen MR) is 68.1 cm³/mol. The number of benzene rings is 1. The lowest BCUT2D eigenvalue weighted by Gasteiger charge is -2.24. The van der Waals surface area contributed by atoms with Gasteiger partial charge in [-0.05, 0) is 12.8 Å². The largest absolute Gasteiger partial charge is 0.377 e. The van der Waals surface area contributed by atoms with E-state index in [1.807, 2.05) is 0 Å². The van der Waals surface area contributed by atoms with E-state index in [-0.39, 0.29) is 6.04 Å². The first-order valence-electron chi connectivity index (χ1n) is 6.38. The van der Waals surface area contributed by atoms with Crippen LogP contribution in [0.5, 0.6) is 0 Å². The van der Waals surface area contributed by atoms with Crippen molar-refractivity contribution in [3.05, 3.63) is 23.3 Å². The standard InChI is InChI=1S/C12H14F4N2O2S/c13-7-9(15)12(21(17,19)20)10(16)8(14)11(7)18-6-4-2-1-3-5-6/h6,18H,1-5H2,(H2,17,19,20). The third kappa shape index (κ3) is 3.13. The third-order valence-electron chi connectivity index (χ3n) is 3.46. The Morgan fingerprint density at radius 2 is 1.38 bits per heavy atom. The normalized spacial score (nSPS) is 17.0. The number of sulfonamides is 1. The smallest absolute Gasteiger partial charge is 0.244 e. The van der Waals surface area contributed by atoms with Gasteiger partial charge in [0.15, 0.2) is 28.2 Å². The summed E-state index contributed by atoms with van der Waals surface area (Å²) in [7, 11) is -4.92. The van der Waals surface area contributed by atoms with Crippen LogP contribution in [0.3, 0.4) is 0 Å². The van der Waals surface area contributed by atoms with Gasteiger partial charge in [0, 0.05) is 6.04 Å². The third-order valence-corrected chi connectivity index (χ3v) is 4.39. The van der Waals surface area contributed by atoms with Gasteiger partial charge in [-0.1, -0.05) is 19.3 Å². The summed E-state index contributed by atoms with van der Waals surface area (Å²) in [5.41, 5.74) is -0.996. The molecule has 0 bridgehead atoms. The second-order valence-corrected chi connectivity index (χ2v) is 6.48. The molecule has 1 aliphatic carbocycles. The second-order valence-electron chi connectivity index (χ2n) is 4.98. The van der Waals surface area contributed by atoms with E-state index in [1.54, 1.807) is 0 Å². The number of rotatable bonds is 3. The van der Waals surface area contributed by atoms with E-state index in [0.717, 1.165) is 19.3 Å². The minimum absolute atomic E-state index is 0.318. The summed E-state index contributed by atoms with van der Waals surface area (Å²) in [4.78, 5) is -1.80. The molecule has 3 N–H and O–H groups in total. The highest BCUT2D eigenvalue weighted by molar-refractivity contribution is 7.89. The lowest BCUT2D eigenvalue weighted by molar-refractivity contribution is 0.415. The van der Waals surface area contributed by atoms with Crippen molar-refractivity contribution in [3.63, 3.8) is 0 Å². The maximum Gasteiger partial charge on any atom is 0.244 e. The van der Waals surface area contributed by atoms with Gasteiger partial charge in [0.2, 0.25) is 10.0 Å². The minimum atomic E-state index is -4.92. The number of anilines is 1. The fourth-order valence-electron chi connectivity index (χ4n) is 2.44. The Labute approximate surface area is 119 Å². The molecule has 0 amide bonds. The van der Waals surface area contributed by atoms with E-state index in [4.69, 9.17) is 0 Å². The van der Waals surface area contributed by atoms with Gasteiger partial charge in [0.25, 0.3) is 0 Å². The number of nitrogens with two attached hydrogens (primary N) is 1. The first-order chi connectivity index (χ1) is 9.73. The molecule has 118 valence electrons. The summed E-state index contributed by atoms with van der Waals surface area (Å²) in [6, 6.07) is -0.318. The van der Waals surface area contributed by atoms with E-state index < -0.39 is 43.9 Å². The Kier molecular flexibility index (Phi) is 4.43. The highest BCUT2D eigenvalue weighted by Crippen LogP contribution is 2.32. The fraction of sp³-hybridized carbons (Fsp3) is 0.500. The van der Waals surface area contributed by atoms with E-state index in [2.05, 4.69) is 10.5 Å². The Balaban J connectivity index is 2.48. The van der Waals surface area contributed by atoms with Gasteiger partial charge in [0.05, 0.1) is 0 Å². The molecule has 0 radical (unpaired) electrons. The van der Waals surface area contributed by atoms with Crippen LogP contribution in [0.2, 0.25) is 0 Å². The lowest BCUT2D eigenvalue weighted by atomic mass is 9.95. The summed E-state index contributed by atoms with van der Waals surface area (Å²) in [5.74, 6) is -7.61. The van der Waals surface area contributed by atoms with Gasteiger partial charge in [-0.3, -0.25) is 0 Å². The highest BCUT2D eigenvalue weighted by atomic mass is 32.2. The van der Waals surface area contributed by atoms with Crippen LogP contribution < -0.4 is 10.5 Å². The molecule has 2 rings (SSSR count). The molecular weight excluding hydrogens is 312 g/mol. The zero-order valence-corrected chi connectivity index (χ0v) is 11.7. The predicted octanol–water partition coefficient (Wildman–Crippen LogP) is 2.64. The average molecular weight is 326 g/mol. The Bertz CT molecular complexity index is 629. The van der Waals surface area contributed by atoms with Gasteiger partial charge in [-0.2, -0.15) is 0 Å². The molecule has 0 heterocycles. The molecule has 1 aromatic carbocycles. The zero-order chi connectivity index (χ0) is 15.8. The molecule has 0 saturated heterocycles. The lowest BCUT2D eigenvalue weighted by Crippen LogP contribution is -2.25. The number of primary sulfonamides is 1. The van der Waals surface area contributed by atoms with E-state index >= 15 is 0 Å². The quantitative estimate of drug-likeness (QED) is 0.662. The van der Waals surface area contributed by atoms with Crippen molar-refractivity contribution >= 4 is 15.7 Å². The maximum absolute atomic E-state index is 13.8. The molecule has 0 spiro atoms. The molecule has 4 nitrogen and oxygen atoms in total. The van der Waals surface area contributed by atoms with Crippen LogP contribution in [0.15, 0.2) is 4.90 Å². The van der Waals surface area contributed by atoms with Crippen LogP contribution in [0.1, 0.15) is 32.1 Å². The van der Waals surface area contributed by atoms with Crippen molar-refractivity contribution in [3.8, 4) is 0 Å². The fourth-order valence-corrected chi connectivity index (χ4v) is 3.12. The van der Waals surface area contributed by atoms with Crippen LogP contribution in [0, 0.1) is 23.3 Å². The molecule has 1 aromatic rings. The molecule has 9 heteroatoms. The van der Waals surface area contributed by atoms with Gasteiger partial charge in [-0.25, -0.2) is 31.1 Å². The average Bonchev–Trinajstić information content (AvgIpc) is 2.41. The number of halogens is 4. The van der Waals surface area contributed by atoms with E-state index in [9.17, 15) is 26.0 Å². The molecule has 1 aliphatic rings. The van der Waals surface area contributed by atoms with Crippen molar-refractivity contribution in [1.82, 2.24) is 0 Å². The summed E-state index contributed by atoms with van der Waals surface area (Å²) in [6.45, 7) is 0. The first-order valence-corrected chi connectivity index (χ1v) is 7.93. The molecular formula is C12H14F4N2O2S. The van der Waals surface area contributed by atoms with Crippen LogP contribution in [0.25, 0.3) is 0 Å². The van der Waals surface area contributed by atoms with Crippen molar-refractivity contribution in [2.24, 2.45) is 5.14 Å². The molecule has 21 heavy (non-hydrogen) atoms. The van der Waals surface area contributed by atoms with Gasteiger partial charge >= 0.3 is 0 Å². The molecule has 0 aliphatic heterocycles. The summed E-state index contributed by atoms with van der Waals surface area (Å²) in [5, 5.41) is 6.98. The maximum atomic E-state index is 13.8. The van der Waals surface area contributed by atoms with Crippen LogP contribution >= 0.6 is 0 Å². The molecule has 0 atom stereocenters. The Hall–Kier alpha value is -1.35. The Morgan fingerprint density at radius 3 is 1.81 bits per heavy atom. The number of nitrogens with one attached hydrogen (secondary N) is 1. The van der Waals surface area contributed by atoms with Gasteiger partial charge in [0.1, 0.15) is 5.69 Å². The molecule has 1 saturated carbocycles. The molecule has 1 fully saturated rings. The van der Waals surface area contributed by atoms with Crippen molar-refractivity contribution in [1.29, 1.82) is 0 Å². The van der Waals surface area contributed by atoms with Crippen molar-refractivity contribution in [2.45, 2.75) is 43.0 Å². The topological polar surface area (TPSA) is 72.2 Å². The monoisotopic (exact) mass is 326 g/mol. The summed E-state index contributed by atoms with van der Waals surface area (Å²) < 4.78 is 77.0. The highest BCUT2D eigenvalue weighted by Gasteiger charge is 2.32. The van der Waals surface area contributed by atoms with E-state index in [0.29, 0.717) is 12.8 Å². The van der Waals surface area contributed by atoms with Crippen molar-refractivity contribution < 1.29 is 26.0 Å². The summed E-state index contributed by atoms with van der Waals surface area (Å²) >= 11 is 0. The number of hydrogen-bond acceptors (Lipinski definition) is 3. The van der Waals surface area contributed by atoms with Crippen LogP contribution in [-0.4, -0.2) is 14.5 Å². The van der Waals surface area contributed by atoms with Crippen molar-refractivity contribution in [2.75, 3.05) is 5.32 Å². The number of hydrogen-bond donors (Lipinski definition) is 2. The summed E-state index contributed by atoms with van der Waals surface area (Å²) in [6.07, 6.45) is 3.87. The van der Waals surface area contributed by atoms with E-state index in [1.165, 1.54) is 0 Å². The minimum Gasteiger partial charge on any atom is -0.377 e. The Morgan fingerprint density at radius 1 is 0.905 bits per heavy atom. The van der Waals surface area contributed by atoms with Crippen LogP contribution in [0.4, 0.5) is 23.2 Å². The first kappa shape index (κ1) is 16.0. The van der Waals surface area contributed by atoms with Gasteiger partial charge in [-0.15, -0.1) is 0 Å². The SMILES string of the molecule is NS(=O)(=O)c1c(F)c(F)c(NC2CCCCC2)c(F)c1F. The zero-order valence-electron chi connectivity index (χ0n) is 10.9. The van der Waals surface area contributed by atoms with Crippen LogP contribution in [-0.2, 0) is 10.0 Å². The van der Waals surface area contributed by atoms with Gasteiger partial charge < -0.3 is 5.32 Å². The second kappa shape index (κ2) is 5.80. The molecule has 0 unspecified atom stereocenters.